The summed E-state index contributed by atoms with van der Waals surface area (Å²) < 4.78 is 6.29. The van der Waals surface area contributed by atoms with Gasteiger partial charge in [-0.2, -0.15) is 0 Å². The van der Waals surface area contributed by atoms with Gasteiger partial charge < -0.3 is 15.4 Å². The van der Waals surface area contributed by atoms with Gasteiger partial charge in [0, 0.05) is 21.3 Å². The Kier molecular flexibility index (Phi) is 5.30. The maximum atomic E-state index is 12.9. The van der Waals surface area contributed by atoms with Crippen LogP contribution in [-0.2, 0) is 19.9 Å². The molecule has 2 aromatic rings. The fourth-order valence-electron chi connectivity index (χ4n) is 3.13. The summed E-state index contributed by atoms with van der Waals surface area (Å²) in [4.78, 5) is 38.5. The molecule has 2 N–H and O–H groups in total. The zero-order chi connectivity index (χ0) is 20.5. The number of esters is 1. The number of rotatable bonds is 4. The molecule has 0 saturated heterocycles. The summed E-state index contributed by atoms with van der Waals surface area (Å²) in [6, 6.07) is 13.7. The van der Waals surface area contributed by atoms with Gasteiger partial charge in [0.15, 0.2) is 0 Å². The van der Waals surface area contributed by atoms with Gasteiger partial charge in [-0.15, -0.1) is 0 Å². The number of amides is 2. The highest BCUT2D eigenvalue weighted by Gasteiger charge is 2.52. The summed E-state index contributed by atoms with van der Waals surface area (Å²) in [6.45, 7) is 5.52. The quantitative estimate of drug-likeness (QED) is 0.703. The van der Waals surface area contributed by atoms with Crippen molar-refractivity contribution >= 4 is 39.4 Å². The van der Waals surface area contributed by atoms with Gasteiger partial charge in [-0.05, 0) is 54.9 Å². The van der Waals surface area contributed by atoms with Crippen LogP contribution in [-0.4, -0.2) is 23.3 Å². The number of fused-ring (bicyclic) bond motifs is 1. The predicted molar refractivity (Wildman–Crippen MR) is 109 cm³/mol. The van der Waals surface area contributed by atoms with Gasteiger partial charge in [-0.3, -0.25) is 9.59 Å². The lowest BCUT2D eigenvalue weighted by Crippen LogP contribution is -2.47. The van der Waals surface area contributed by atoms with Crippen molar-refractivity contribution in [2.45, 2.75) is 38.3 Å². The maximum absolute atomic E-state index is 12.9. The first-order valence-corrected chi connectivity index (χ1v) is 9.61. The largest absolute Gasteiger partial charge is 0.440 e. The van der Waals surface area contributed by atoms with Gasteiger partial charge in [-0.25, -0.2) is 4.79 Å². The van der Waals surface area contributed by atoms with E-state index < -0.39 is 23.0 Å². The van der Waals surface area contributed by atoms with Gasteiger partial charge >= 0.3 is 5.97 Å². The molecule has 146 valence electrons. The van der Waals surface area contributed by atoms with E-state index in [1.165, 1.54) is 0 Å². The molecular formula is C21H21BrN2O4. The zero-order valence-corrected chi connectivity index (χ0v) is 17.4. The SMILES string of the molecule is CC(C)(C)NC(=O)CC1(OC(=O)c2ccccc2Br)C(=O)Nc2ccccc21. The Balaban J connectivity index is 2.01. The van der Waals surface area contributed by atoms with E-state index in [1.54, 1.807) is 48.5 Å². The van der Waals surface area contributed by atoms with E-state index in [0.717, 1.165) is 0 Å². The monoisotopic (exact) mass is 444 g/mol. The molecular weight excluding hydrogens is 424 g/mol. The molecule has 7 heteroatoms. The third kappa shape index (κ3) is 3.94. The molecule has 1 aliphatic heterocycles. The summed E-state index contributed by atoms with van der Waals surface area (Å²) in [5.41, 5.74) is -0.965. The van der Waals surface area contributed by atoms with Crippen LogP contribution in [0.5, 0.6) is 0 Å². The Bertz CT molecular complexity index is 951. The molecule has 0 radical (unpaired) electrons. The summed E-state index contributed by atoms with van der Waals surface area (Å²) in [7, 11) is 0. The van der Waals surface area contributed by atoms with Crippen LogP contribution < -0.4 is 10.6 Å². The van der Waals surface area contributed by atoms with Gasteiger partial charge in [0.05, 0.1) is 12.0 Å². The normalized spacial score (nSPS) is 18.2. The summed E-state index contributed by atoms with van der Waals surface area (Å²) in [6.07, 6.45) is -0.316. The maximum Gasteiger partial charge on any atom is 0.340 e. The molecule has 2 amide bonds. The van der Waals surface area contributed by atoms with Gasteiger partial charge in [0.1, 0.15) is 0 Å². The fourth-order valence-corrected chi connectivity index (χ4v) is 3.58. The third-order valence-corrected chi connectivity index (χ3v) is 4.95. The minimum Gasteiger partial charge on any atom is -0.440 e. The van der Waals surface area contributed by atoms with Crippen molar-refractivity contribution in [2.24, 2.45) is 0 Å². The second-order valence-corrected chi connectivity index (χ2v) is 8.53. The number of anilines is 1. The molecule has 6 nitrogen and oxygen atoms in total. The number of halogens is 1. The van der Waals surface area contributed by atoms with E-state index in [-0.39, 0.29) is 17.9 Å². The van der Waals surface area contributed by atoms with Crippen LogP contribution in [0, 0.1) is 0 Å². The van der Waals surface area contributed by atoms with Crippen molar-refractivity contribution in [1.29, 1.82) is 0 Å². The lowest BCUT2D eigenvalue weighted by Gasteiger charge is -2.29. The second-order valence-electron chi connectivity index (χ2n) is 7.67. The number of hydrogen-bond donors (Lipinski definition) is 2. The molecule has 0 aliphatic carbocycles. The molecule has 1 unspecified atom stereocenters. The first kappa shape index (κ1) is 20.1. The van der Waals surface area contributed by atoms with Gasteiger partial charge in [0.25, 0.3) is 5.91 Å². The Morgan fingerprint density at radius 1 is 1.11 bits per heavy atom. The Morgan fingerprint density at radius 3 is 2.43 bits per heavy atom. The predicted octanol–water partition coefficient (Wildman–Crippen LogP) is 3.76. The topological polar surface area (TPSA) is 84.5 Å². The fraction of sp³-hybridized carbons (Fsp3) is 0.286. The number of para-hydroxylation sites is 1. The highest BCUT2D eigenvalue weighted by atomic mass is 79.9. The second kappa shape index (κ2) is 7.39. The number of benzene rings is 2. The molecule has 0 aromatic heterocycles. The summed E-state index contributed by atoms with van der Waals surface area (Å²) in [5.74, 6) is -1.62. The van der Waals surface area contributed by atoms with Crippen molar-refractivity contribution in [1.82, 2.24) is 5.32 Å². The van der Waals surface area contributed by atoms with Crippen molar-refractivity contribution in [3.05, 3.63) is 64.1 Å². The van der Waals surface area contributed by atoms with Crippen LogP contribution in [0.4, 0.5) is 5.69 Å². The van der Waals surface area contributed by atoms with Crippen molar-refractivity contribution in [3.63, 3.8) is 0 Å². The molecule has 1 heterocycles. The number of ether oxygens (including phenoxy) is 1. The van der Waals surface area contributed by atoms with Crippen LogP contribution in [0.15, 0.2) is 53.0 Å². The molecule has 1 atom stereocenters. The number of carbonyl (C=O) groups excluding carboxylic acids is 3. The lowest BCUT2D eigenvalue weighted by atomic mass is 9.90. The summed E-state index contributed by atoms with van der Waals surface area (Å²) in [5, 5.41) is 5.55. The van der Waals surface area contributed by atoms with Crippen LogP contribution in [0.2, 0.25) is 0 Å². The molecule has 0 saturated carbocycles. The van der Waals surface area contributed by atoms with E-state index in [9.17, 15) is 14.4 Å². The van der Waals surface area contributed by atoms with Crippen LogP contribution >= 0.6 is 15.9 Å². The molecule has 0 spiro atoms. The number of hydrogen-bond acceptors (Lipinski definition) is 4. The van der Waals surface area contributed by atoms with Crippen molar-refractivity contribution < 1.29 is 19.1 Å². The average Bonchev–Trinajstić information content (AvgIpc) is 2.85. The van der Waals surface area contributed by atoms with Gasteiger partial charge in [0.2, 0.25) is 11.5 Å². The zero-order valence-electron chi connectivity index (χ0n) is 15.8. The highest BCUT2D eigenvalue weighted by molar-refractivity contribution is 9.10. The van der Waals surface area contributed by atoms with E-state index >= 15 is 0 Å². The number of carbonyl (C=O) groups is 3. The van der Waals surface area contributed by atoms with Crippen LogP contribution in [0.3, 0.4) is 0 Å². The standard InChI is InChI=1S/C21H21BrN2O4/c1-20(2,3)24-17(25)12-21(14-9-5-7-11-16(14)23-19(21)27)28-18(26)13-8-4-6-10-15(13)22/h4-11H,12H2,1-3H3,(H,23,27)(H,24,25). The van der Waals surface area contributed by atoms with Gasteiger partial charge in [-0.1, -0.05) is 30.3 Å². The van der Waals surface area contributed by atoms with E-state index in [2.05, 4.69) is 26.6 Å². The Morgan fingerprint density at radius 2 is 1.75 bits per heavy atom. The average molecular weight is 445 g/mol. The molecule has 3 rings (SSSR count). The highest BCUT2D eigenvalue weighted by Crippen LogP contribution is 2.42. The molecule has 0 bridgehead atoms. The Labute approximate surface area is 171 Å². The first-order valence-electron chi connectivity index (χ1n) is 8.82. The smallest absolute Gasteiger partial charge is 0.340 e. The minimum absolute atomic E-state index is 0.273. The molecule has 28 heavy (non-hydrogen) atoms. The third-order valence-electron chi connectivity index (χ3n) is 4.26. The number of nitrogens with one attached hydrogen (secondary N) is 2. The molecule has 0 fully saturated rings. The van der Waals surface area contributed by atoms with Crippen LogP contribution in [0.1, 0.15) is 43.1 Å². The molecule has 1 aliphatic rings. The van der Waals surface area contributed by atoms with Crippen molar-refractivity contribution in [2.75, 3.05) is 5.32 Å². The van der Waals surface area contributed by atoms with E-state index in [0.29, 0.717) is 15.7 Å². The lowest BCUT2D eigenvalue weighted by molar-refractivity contribution is -0.142. The minimum atomic E-state index is -1.74. The molecule has 2 aromatic carbocycles. The Hall–Kier alpha value is -2.67. The van der Waals surface area contributed by atoms with E-state index in [4.69, 9.17) is 4.74 Å². The van der Waals surface area contributed by atoms with Crippen molar-refractivity contribution in [3.8, 4) is 0 Å². The summed E-state index contributed by atoms with van der Waals surface area (Å²) >= 11 is 3.32. The van der Waals surface area contributed by atoms with Crippen LogP contribution in [0.25, 0.3) is 0 Å². The van der Waals surface area contributed by atoms with E-state index in [1.807, 2.05) is 20.8 Å². The first-order chi connectivity index (χ1) is 13.1.